The third-order valence-corrected chi connectivity index (χ3v) is 6.82. The molecule has 0 aromatic carbocycles. The SMILES string of the molecule is Cc1ccc(Cl)c(C(=O)NC(CCOC2CC(CCc3ccc4c(n3)NCCC4)C2)C(=O)O)n1. The van der Waals surface area contributed by atoms with Gasteiger partial charge in [0.15, 0.2) is 0 Å². The molecule has 0 radical (unpaired) electrons. The van der Waals surface area contributed by atoms with Crippen molar-refractivity contribution in [2.75, 3.05) is 18.5 Å². The molecule has 1 saturated carbocycles. The number of carbonyl (C=O) groups excluding carboxylic acids is 1. The van der Waals surface area contributed by atoms with Gasteiger partial charge in [-0.2, -0.15) is 0 Å². The number of amides is 1. The minimum absolute atomic E-state index is 0.0277. The molecule has 0 bridgehead atoms. The average molecular weight is 487 g/mol. The number of rotatable bonds is 10. The smallest absolute Gasteiger partial charge is 0.326 e. The van der Waals surface area contributed by atoms with Gasteiger partial charge in [0.05, 0.1) is 11.1 Å². The molecule has 1 unspecified atom stereocenters. The van der Waals surface area contributed by atoms with Gasteiger partial charge in [-0.3, -0.25) is 4.79 Å². The largest absolute Gasteiger partial charge is 0.480 e. The first-order chi connectivity index (χ1) is 16.4. The first-order valence-electron chi connectivity index (χ1n) is 11.9. The van der Waals surface area contributed by atoms with E-state index in [1.165, 1.54) is 5.56 Å². The van der Waals surface area contributed by atoms with Crippen LogP contribution in [0.5, 0.6) is 0 Å². The molecule has 0 saturated heterocycles. The van der Waals surface area contributed by atoms with Crippen LogP contribution in [0, 0.1) is 12.8 Å². The number of aliphatic carboxylic acids is 1. The van der Waals surface area contributed by atoms with Crippen molar-refractivity contribution < 1.29 is 19.4 Å². The Morgan fingerprint density at radius 3 is 2.88 bits per heavy atom. The average Bonchev–Trinajstić information content (AvgIpc) is 2.80. The lowest BCUT2D eigenvalue weighted by molar-refractivity contribution is -0.140. The second-order valence-electron chi connectivity index (χ2n) is 9.15. The fourth-order valence-electron chi connectivity index (χ4n) is 4.44. The topological polar surface area (TPSA) is 113 Å². The van der Waals surface area contributed by atoms with E-state index in [-0.39, 0.29) is 29.8 Å². The number of aryl methyl sites for hydroxylation is 3. The number of pyridine rings is 2. The lowest BCUT2D eigenvalue weighted by Crippen LogP contribution is -2.42. The van der Waals surface area contributed by atoms with Crippen LogP contribution in [-0.2, 0) is 22.4 Å². The van der Waals surface area contributed by atoms with E-state index >= 15 is 0 Å². The van der Waals surface area contributed by atoms with Gasteiger partial charge in [-0.1, -0.05) is 17.7 Å². The van der Waals surface area contributed by atoms with Crippen LogP contribution in [0.25, 0.3) is 0 Å². The van der Waals surface area contributed by atoms with Crippen LogP contribution >= 0.6 is 11.6 Å². The van der Waals surface area contributed by atoms with Crippen molar-refractivity contribution in [3.63, 3.8) is 0 Å². The van der Waals surface area contributed by atoms with Crippen LogP contribution in [0.1, 0.15) is 59.5 Å². The maximum absolute atomic E-state index is 12.4. The first kappa shape index (κ1) is 24.4. The van der Waals surface area contributed by atoms with E-state index in [0.29, 0.717) is 11.6 Å². The van der Waals surface area contributed by atoms with Crippen LogP contribution in [0.2, 0.25) is 5.02 Å². The van der Waals surface area contributed by atoms with Gasteiger partial charge in [-0.05, 0) is 75.1 Å². The fourth-order valence-corrected chi connectivity index (χ4v) is 4.63. The zero-order valence-electron chi connectivity index (χ0n) is 19.3. The molecule has 2 aromatic heterocycles. The summed E-state index contributed by atoms with van der Waals surface area (Å²) in [4.78, 5) is 32.9. The molecule has 8 nitrogen and oxygen atoms in total. The molecule has 1 aliphatic heterocycles. The number of ether oxygens (including phenoxy) is 1. The first-order valence-corrected chi connectivity index (χ1v) is 12.3. The molecule has 1 amide bonds. The molecule has 2 aromatic rings. The summed E-state index contributed by atoms with van der Waals surface area (Å²) in [5.74, 6) is -0.0746. The summed E-state index contributed by atoms with van der Waals surface area (Å²) >= 11 is 6.03. The van der Waals surface area contributed by atoms with E-state index in [1.807, 2.05) is 0 Å². The molecule has 4 rings (SSSR count). The number of nitrogens with zero attached hydrogens (tertiary/aromatic N) is 2. The highest BCUT2D eigenvalue weighted by Crippen LogP contribution is 2.34. The number of carboxylic acids is 1. The van der Waals surface area contributed by atoms with Crippen LogP contribution in [-0.4, -0.2) is 52.2 Å². The third kappa shape index (κ3) is 6.24. The van der Waals surface area contributed by atoms with E-state index in [4.69, 9.17) is 21.3 Å². The van der Waals surface area contributed by atoms with Gasteiger partial charge >= 0.3 is 5.97 Å². The molecule has 34 heavy (non-hydrogen) atoms. The summed E-state index contributed by atoms with van der Waals surface area (Å²) in [6, 6.07) is 6.53. The number of fused-ring (bicyclic) bond motifs is 1. The van der Waals surface area contributed by atoms with E-state index in [0.717, 1.165) is 56.6 Å². The van der Waals surface area contributed by atoms with Gasteiger partial charge in [-0.15, -0.1) is 0 Å². The minimum Gasteiger partial charge on any atom is -0.480 e. The summed E-state index contributed by atoms with van der Waals surface area (Å²) in [5, 5.41) is 15.6. The Morgan fingerprint density at radius 1 is 1.26 bits per heavy atom. The molecule has 1 fully saturated rings. The van der Waals surface area contributed by atoms with Gasteiger partial charge < -0.3 is 20.5 Å². The Labute approximate surface area is 204 Å². The maximum atomic E-state index is 12.4. The van der Waals surface area contributed by atoms with Crippen molar-refractivity contribution in [3.8, 4) is 0 Å². The maximum Gasteiger partial charge on any atom is 0.326 e. The van der Waals surface area contributed by atoms with Crippen molar-refractivity contribution in [1.29, 1.82) is 0 Å². The predicted molar refractivity (Wildman–Crippen MR) is 129 cm³/mol. The molecule has 3 heterocycles. The molecule has 3 N–H and O–H groups in total. The monoisotopic (exact) mass is 486 g/mol. The van der Waals surface area contributed by atoms with Crippen LogP contribution in [0.4, 0.5) is 5.82 Å². The van der Waals surface area contributed by atoms with E-state index < -0.39 is 17.9 Å². The highest BCUT2D eigenvalue weighted by atomic mass is 35.5. The Morgan fingerprint density at radius 2 is 2.09 bits per heavy atom. The van der Waals surface area contributed by atoms with Crippen molar-refractivity contribution in [3.05, 3.63) is 51.9 Å². The van der Waals surface area contributed by atoms with Crippen molar-refractivity contribution in [1.82, 2.24) is 15.3 Å². The van der Waals surface area contributed by atoms with Gasteiger partial charge in [0.1, 0.15) is 17.6 Å². The summed E-state index contributed by atoms with van der Waals surface area (Å²) in [6.45, 7) is 3.00. The molecule has 182 valence electrons. The summed E-state index contributed by atoms with van der Waals surface area (Å²) in [7, 11) is 0. The number of nitrogens with one attached hydrogen (secondary N) is 2. The normalized spacial score (nSPS) is 19.9. The zero-order valence-corrected chi connectivity index (χ0v) is 20.1. The second-order valence-corrected chi connectivity index (χ2v) is 9.55. The number of aromatic nitrogens is 2. The number of carboxylic acid groups (broad SMARTS) is 1. The summed E-state index contributed by atoms with van der Waals surface area (Å²) in [6.07, 6.45) is 6.54. The lowest BCUT2D eigenvalue weighted by Gasteiger charge is -2.35. The van der Waals surface area contributed by atoms with E-state index in [9.17, 15) is 14.7 Å². The molecular weight excluding hydrogens is 456 g/mol. The van der Waals surface area contributed by atoms with E-state index in [2.05, 4.69) is 27.8 Å². The Kier molecular flexibility index (Phi) is 8.00. The van der Waals surface area contributed by atoms with Gasteiger partial charge in [0.2, 0.25) is 0 Å². The van der Waals surface area contributed by atoms with Crippen LogP contribution < -0.4 is 10.6 Å². The Hall–Kier alpha value is -2.71. The number of halogens is 1. The van der Waals surface area contributed by atoms with Crippen LogP contribution in [0.3, 0.4) is 0 Å². The third-order valence-electron chi connectivity index (χ3n) is 6.52. The second kappa shape index (κ2) is 11.1. The summed E-state index contributed by atoms with van der Waals surface area (Å²) in [5.41, 5.74) is 3.09. The minimum atomic E-state index is -1.11. The fraction of sp³-hybridized carbons (Fsp3) is 0.520. The molecule has 0 spiro atoms. The standard InChI is InChI=1S/C25H31ClN4O4/c1-15-4-9-20(26)22(28-15)24(31)30-21(25(32)33)10-12-34-19-13-16(14-19)5-7-18-8-6-17-3-2-11-27-23(17)29-18/h4,6,8-9,16,19,21H,2-3,5,7,10-14H2,1H3,(H,27,29)(H,30,31)(H,32,33). The highest BCUT2D eigenvalue weighted by Gasteiger charge is 2.30. The Balaban J connectivity index is 1.16. The van der Waals surface area contributed by atoms with Gasteiger partial charge in [0, 0.05) is 31.0 Å². The molecule has 9 heteroatoms. The zero-order chi connectivity index (χ0) is 24.1. The number of anilines is 1. The number of carbonyl (C=O) groups is 2. The highest BCUT2D eigenvalue weighted by molar-refractivity contribution is 6.33. The number of hydrogen-bond donors (Lipinski definition) is 3. The Bertz CT molecular complexity index is 1040. The quantitative estimate of drug-likeness (QED) is 0.468. The molecular formula is C25H31ClN4O4. The van der Waals surface area contributed by atoms with E-state index in [1.54, 1.807) is 19.1 Å². The van der Waals surface area contributed by atoms with Gasteiger partial charge in [0.25, 0.3) is 5.91 Å². The van der Waals surface area contributed by atoms with Gasteiger partial charge in [-0.25, -0.2) is 14.8 Å². The molecule has 1 atom stereocenters. The van der Waals surface area contributed by atoms with Crippen molar-refractivity contribution in [2.24, 2.45) is 5.92 Å². The van der Waals surface area contributed by atoms with Crippen molar-refractivity contribution in [2.45, 2.75) is 64.0 Å². The molecule has 1 aliphatic carbocycles. The van der Waals surface area contributed by atoms with Crippen LogP contribution in [0.15, 0.2) is 24.3 Å². The predicted octanol–water partition coefficient (Wildman–Crippen LogP) is 3.80. The number of hydrogen-bond acceptors (Lipinski definition) is 6. The summed E-state index contributed by atoms with van der Waals surface area (Å²) < 4.78 is 5.86. The molecule has 2 aliphatic rings. The van der Waals surface area contributed by atoms with Crippen molar-refractivity contribution >= 4 is 29.3 Å². The lowest BCUT2D eigenvalue weighted by atomic mass is 9.79.